The van der Waals surface area contributed by atoms with E-state index >= 15 is 0 Å². The number of para-hydroxylation sites is 2. The molecule has 2 heterocycles. The Bertz CT molecular complexity index is 1310. The molecule has 0 bridgehead atoms. The number of rotatable bonds is 4. The Kier molecular flexibility index (Phi) is 5.83. The van der Waals surface area contributed by atoms with Crippen molar-refractivity contribution < 1.29 is 14.3 Å². The zero-order valence-corrected chi connectivity index (χ0v) is 18.0. The average Bonchev–Trinajstić information content (AvgIpc) is 2.89. The Morgan fingerprint density at radius 2 is 1.52 bits per heavy atom. The molecule has 0 saturated carbocycles. The fourth-order valence-electron chi connectivity index (χ4n) is 4.03. The summed E-state index contributed by atoms with van der Waals surface area (Å²) in [7, 11) is 0. The van der Waals surface area contributed by atoms with Crippen LogP contribution in [0.25, 0.3) is 22.2 Å². The number of hydrogen-bond acceptors (Lipinski definition) is 4. The normalized spacial score (nSPS) is 13.6. The SMILES string of the molecule is O=C(Nc1ccccc1C(=O)N1CCOCC1)c1cc(-c2ccccc2)nc2ccccc12. The average molecular weight is 437 g/mol. The number of aromatic nitrogens is 1. The maximum absolute atomic E-state index is 13.5. The molecule has 6 heteroatoms. The van der Waals surface area contributed by atoms with E-state index in [9.17, 15) is 9.59 Å². The predicted molar refractivity (Wildman–Crippen MR) is 128 cm³/mol. The Labute approximate surface area is 191 Å². The highest BCUT2D eigenvalue weighted by Gasteiger charge is 2.22. The second-order valence-electron chi connectivity index (χ2n) is 7.84. The van der Waals surface area contributed by atoms with Crippen LogP contribution in [0.15, 0.2) is 84.9 Å². The van der Waals surface area contributed by atoms with Crippen LogP contribution in [-0.4, -0.2) is 48.0 Å². The number of anilines is 1. The summed E-state index contributed by atoms with van der Waals surface area (Å²) in [6, 6.07) is 26.3. The van der Waals surface area contributed by atoms with E-state index in [2.05, 4.69) is 5.32 Å². The third kappa shape index (κ3) is 4.33. The molecule has 6 nitrogen and oxygen atoms in total. The van der Waals surface area contributed by atoms with Crippen LogP contribution >= 0.6 is 0 Å². The van der Waals surface area contributed by atoms with Gasteiger partial charge in [-0.05, 0) is 24.3 Å². The van der Waals surface area contributed by atoms with Crippen molar-refractivity contribution in [2.45, 2.75) is 0 Å². The molecule has 164 valence electrons. The van der Waals surface area contributed by atoms with Crippen LogP contribution in [0.1, 0.15) is 20.7 Å². The van der Waals surface area contributed by atoms with Gasteiger partial charge in [0.1, 0.15) is 0 Å². The van der Waals surface area contributed by atoms with Crippen LogP contribution in [0, 0.1) is 0 Å². The highest BCUT2D eigenvalue weighted by Crippen LogP contribution is 2.26. The van der Waals surface area contributed by atoms with Gasteiger partial charge in [0.15, 0.2) is 0 Å². The summed E-state index contributed by atoms with van der Waals surface area (Å²) < 4.78 is 5.36. The summed E-state index contributed by atoms with van der Waals surface area (Å²) in [5.74, 6) is -0.397. The van der Waals surface area contributed by atoms with E-state index in [1.807, 2.05) is 60.7 Å². The number of hydrogen-bond donors (Lipinski definition) is 1. The molecule has 2 amide bonds. The Hall–Kier alpha value is -4.03. The van der Waals surface area contributed by atoms with Crippen LogP contribution in [0.3, 0.4) is 0 Å². The molecule has 3 aromatic carbocycles. The number of morpholine rings is 1. The lowest BCUT2D eigenvalue weighted by atomic mass is 10.0. The summed E-state index contributed by atoms with van der Waals surface area (Å²) in [6.07, 6.45) is 0. The van der Waals surface area contributed by atoms with Gasteiger partial charge in [-0.3, -0.25) is 9.59 Å². The van der Waals surface area contributed by atoms with Gasteiger partial charge in [-0.1, -0.05) is 60.7 Å². The molecular weight excluding hydrogens is 414 g/mol. The standard InChI is InChI=1S/C27H23N3O3/c31-26(29-24-13-7-5-11-21(24)27(32)30-14-16-33-17-15-30)22-18-25(19-8-2-1-3-9-19)28-23-12-6-4-10-20(22)23/h1-13,18H,14-17H2,(H,29,31). The van der Waals surface area contributed by atoms with Crippen molar-refractivity contribution >= 4 is 28.4 Å². The lowest BCUT2D eigenvalue weighted by Crippen LogP contribution is -2.41. The van der Waals surface area contributed by atoms with Gasteiger partial charge in [0.25, 0.3) is 11.8 Å². The van der Waals surface area contributed by atoms with E-state index in [0.717, 1.165) is 22.2 Å². The van der Waals surface area contributed by atoms with Gasteiger partial charge in [0, 0.05) is 24.0 Å². The fourth-order valence-corrected chi connectivity index (χ4v) is 4.03. The predicted octanol–water partition coefficient (Wildman–Crippen LogP) is 4.63. The Morgan fingerprint density at radius 3 is 2.33 bits per heavy atom. The summed E-state index contributed by atoms with van der Waals surface area (Å²) in [6.45, 7) is 2.12. The first kappa shape index (κ1) is 20.8. The van der Waals surface area contributed by atoms with Gasteiger partial charge in [0.2, 0.25) is 0 Å². The van der Waals surface area contributed by atoms with Crippen LogP contribution in [0.5, 0.6) is 0 Å². The third-order valence-corrected chi connectivity index (χ3v) is 5.73. The van der Waals surface area contributed by atoms with E-state index in [1.54, 1.807) is 29.2 Å². The van der Waals surface area contributed by atoms with E-state index in [1.165, 1.54) is 0 Å². The second kappa shape index (κ2) is 9.22. The molecule has 1 N–H and O–H groups in total. The molecule has 0 spiro atoms. The zero-order chi connectivity index (χ0) is 22.6. The Balaban J connectivity index is 1.51. The molecule has 33 heavy (non-hydrogen) atoms. The topological polar surface area (TPSA) is 71.5 Å². The summed E-state index contributed by atoms with van der Waals surface area (Å²) in [4.78, 5) is 33.1. The molecule has 1 saturated heterocycles. The third-order valence-electron chi connectivity index (χ3n) is 5.73. The van der Waals surface area contributed by atoms with E-state index in [-0.39, 0.29) is 11.8 Å². The molecule has 0 atom stereocenters. The lowest BCUT2D eigenvalue weighted by molar-refractivity contribution is 0.0303. The molecule has 0 aliphatic carbocycles. The molecule has 0 radical (unpaired) electrons. The fraction of sp³-hybridized carbons (Fsp3) is 0.148. The number of amides is 2. The van der Waals surface area contributed by atoms with Crippen molar-refractivity contribution in [3.63, 3.8) is 0 Å². The first-order chi connectivity index (χ1) is 16.2. The number of nitrogens with one attached hydrogen (secondary N) is 1. The number of carbonyl (C=O) groups excluding carboxylic acids is 2. The second-order valence-corrected chi connectivity index (χ2v) is 7.84. The van der Waals surface area contributed by atoms with E-state index in [4.69, 9.17) is 9.72 Å². The molecule has 0 unspecified atom stereocenters. The number of carbonyl (C=O) groups is 2. The van der Waals surface area contributed by atoms with Crippen molar-refractivity contribution in [1.29, 1.82) is 0 Å². The van der Waals surface area contributed by atoms with Gasteiger partial charge >= 0.3 is 0 Å². The van der Waals surface area contributed by atoms with E-state index in [0.29, 0.717) is 43.1 Å². The smallest absolute Gasteiger partial charge is 0.256 e. The number of benzene rings is 3. The highest BCUT2D eigenvalue weighted by atomic mass is 16.5. The van der Waals surface area contributed by atoms with Gasteiger partial charge < -0.3 is 15.0 Å². The van der Waals surface area contributed by atoms with Crippen LogP contribution in [-0.2, 0) is 4.74 Å². The first-order valence-electron chi connectivity index (χ1n) is 10.9. The number of ether oxygens (including phenoxy) is 1. The van der Waals surface area contributed by atoms with Crippen LogP contribution in [0.4, 0.5) is 5.69 Å². The van der Waals surface area contributed by atoms with Crippen molar-refractivity contribution in [2.75, 3.05) is 31.6 Å². The molecule has 1 aliphatic rings. The molecule has 5 rings (SSSR count). The monoisotopic (exact) mass is 437 g/mol. The molecular formula is C27H23N3O3. The molecule has 1 aliphatic heterocycles. The number of fused-ring (bicyclic) bond motifs is 1. The van der Waals surface area contributed by atoms with Gasteiger partial charge in [0.05, 0.1) is 41.2 Å². The number of pyridine rings is 1. The zero-order valence-electron chi connectivity index (χ0n) is 18.0. The van der Waals surface area contributed by atoms with Crippen molar-refractivity contribution in [2.24, 2.45) is 0 Å². The summed E-state index contributed by atoms with van der Waals surface area (Å²) in [5, 5.41) is 3.73. The minimum atomic E-state index is -0.284. The van der Waals surface area contributed by atoms with E-state index < -0.39 is 0 Å². The Morgan fingerprint density at radius 1 is 0.818 bits per heavy atom. The van der Waals surface area contributed by atoms with Crippen LogP contribution in [0.2, 0.25) is 0 Å². The number of nitrogens with zero attached hydrogens (tertiary/aromatic N) is 2. The van der Waals surface area contributed by atoms with Crippen molar-refractivity contribution in [1.82, 2.24) is 9.88 Å². The first-order valence-corrected chi connectivity index (χ1v) is 10.9. The molecule has 4 aromatic rings. The van der Waals surface area contributed by atoms with Crippen LogP contribution < -0.4 is 5.32 Å². The minimum Gasteiger partial charge on any atom is -0.378 e. The highest BCUT2D eigenvalue weighted by molar-refractivity contribution is 6.15. The van der Waals surface area contributed by atoms with Gasteiger partial charge in [-0.25, -0.2) is 4.98 Å². The van der Waals surface area contributed by atoms with Crippen molar-refractivity contribution in [3.05, 3.63) is 96.1 Å². The quantitative estimate of drug-likeness (QED) is 0.505. The lowest BCUT2D eigenvalue weighted by Gasteiger charge is -2.27. The minimum absolute atomic E-state index is 0.112. The summed E-state index contributed by atoms with van der Waals surface area (Å²) in [5.41, 5.74) is 3.85. The van der Waals surface area contributed by atoms with Gasteiger partial charge in [-0.15, -0.1) is 0 Å². The summed E-state index contributed by atoms with van der Waals surface area (Å²) >= 11 is 0. The molecule has 1 fully saturated rings. The van der Waals surface area contributed by atoms with Crippen molar-refractivity contribution in [3.8, 4) is 11.3 Å². The molecule has 1 aromatic heterocycles. The largest absolute Gasteiger partial charge is 0.378 e. The maximum atomic E-state index is 13.5. The van der Waals surface area contributed by atoms with Gasteiger partial charge in [-0.2, -0.15) is 0 Å². The maximum Gasteiger partial charge on any atom is 0.256 e.